The molecule has 0 saturated heterocycles. The summed E-state index contributed by atoms with van der Waals surface area (Å²) in [5.74, 6) is -1.74. The molecule has 0 unspecified atom stereocenters. The normalized spacial score (nSPS) is 12.9. The van der Waals surface area contributed by atoms with Crippen LogP contribution in [0.3, 0.4) is 0 Å². The van der Waals surface area contributed by atoms with Gasteiger partial charge in [-0.05, 0) is 54.7 Å². The van der Waals surface area contributed by atoms with Gasteiger partial charge in [-0.3, -0.25) is 19.4 Å². The van der Waals surface area contributed by atoms with Gasteiger partial charge < -0.3 is 38.7 Å². The van der Waals surface area contributed by atoms with Gasteiger partial charge in [-0.25, -0.2) is 4.99 Å². The van der Waals surface area contributed by atoms with Crippen LogP contribution in [0.15, 0.2) is 52.4 Å². The lowest BCUT2D eigenvalue weighted by Crippen LogP contribution is -2.46. The predicted octanol–water partition coefficient (Wildman–Crippen LogP) is 0.296. The molecule has 12 heteroatoms. The van der Waals surface area contributed by atoms with Gasteiger partial charge in [-0.2, -0.15) is 0 Å². The number of phenols is 1. The minimum absolute atomic E-state index is 0.0856. The van der Waals surface area contributed by atoms with E-state index in [-0.39, 0.29) is 67.6 Å². The number of carbonyl (C=O) groups is 3. The fourth-order valence-corrected chi connectivity index (χ4v) is 4.49. The van der Waals surface area contributed by atoms with Crippen LogP contribution in [-0.4, -0.2) is 59.8 Å². The largest absolute Gasteiger partial charge is 0.508 e. The number of aryl methyl sites for hydroxylation is 2. The summed E-state index contributed by atoms with van der Waals surface area (Å²) in [4.78, 5) is 46.6. The number of benzene rings is 2. The smallest absolute Gasteiger partial charge is 0.223 e. The number of aromatic hydroxyl groups is 1. The molecule has 0 bridgehead atoms. The number of carbonyl (C=O) groups excluding carboxylic acids is 3. The number of aliphatic imine (C=N–C) groups is 2. The first kappa shape index (κ1) is 32.6. The monoisotopic (exact) mass is 566 g/mol. The molecule has 3 atom stereocenters. The fraction of sp³-hybridized carbons (Fsp3) is 0.414. The molecule has 0 fully saturated rings. The summed E-state index contributed by atoms with van der Waals surface area (Å²) in [5.41, 5.74) is 25.3. The van der Waals surface area contributed by atoms with Crippen molar-refractivity contribution in [2.45, 2.75) is 58.5 Å². The number of hydrogen-bond acceptors (Lipinski definition) is 6. The van der Waals surface area contributed by atoms with Gasteiger partial charge in [0.05, 0.1) is 12.6 Å². The Morgan fingerprint density at radius 1 is 0.951 bits per heavy atom. The minimum atomic E-state index is -0.882. The summed E-state index contributed by atoms with van der Waals surface area (Å²) in [6.07, 6.45) is 0.723. The Morgan fingerprint density at radius 2 is 1.59 bits per heavy atom. The Hall–Kier alpha value is -4.61. The van der Waals surface area contributed by atoms with Crippen molar-refractivity contribution in [3.63, 3.8) is 0 Å². The van der Waals surface area contributed by atoms with E-state index in [1.165, 1.54) is 0 Å². The van der Waals surface area contributed by atoms with Crippen LogP contribution < -0.4 is 33.6 Å². The first-order valence-corrected chi connectivity index (χ1v) is 13.4. The Kier molecular flexibility index (Phi) is 12.6. The maximum Gasteiger partial charge on any atom is 0.223 e. The third kappa shape index (κ3) is 11.6. The number of nitrogens with two attached hydrogens (primary N) is 4. The number of Topliss-reactive ketones (excluding diaryl/α,β-unsaturated/α-hetero) is 1. The third-order valence-electron chi connectivity index (χ3n) is 6.56. The second-order valence-corrected chi connectivity index (χ2v) is 10.2. The number of nitrogens with one attached hydrogen (secondary N) is 2. The lowest BCUT2D eigenvalue weighted by atomic mass is 9.91. The maximum atomic E-state index is 13.2. The highest BCUT2D eigenvalue weighted by atomic mass is 16.3. The van der Waals surface area contributed by atoms with E-state index >= 15 is 0 Å². The van der Waals surface area contributed by atoms with Crippen molar-refractivity contribution in [2.24, 2.45) is 38.8 Å². The van der Waals surface area contributed by atoms with Crippen LogP contribution in [0.2, 0.25) is 0 Å². The van der Waals surface area contributed by atoms with Crippen molar-refractivity contribution in [3.05, 3.63) is 64.7 Å². The van der Waals surface area contributed by atoms with Gasteiger partial charge in [0, 0.05) is 31.7 Å². The molecule has 222 valence electrons. The lowest BCUT2D eigenvalue weighted by molar-refractivity contribution is -0.129. The van der Waals surface area contributed by atoms with Gasteiger partial charge >= 0.3 is 0 Å². The van der Waals surface area contributed by atoms with Gasteiger partial charge in [0.1, 0.15) is 11.8 Å². The maximum absolute atomic E-state index is 13.2. The molecule has 0 aliphatic heterocycles. The van der Waals surface area contributed by atoms with E-state index < -0.39 is 18.0 Å². The molecule has 2 rings (SSSR count). The van der Waals surface area contributed by atoms with E-state index in [9.17, 15) is 19.5 Å². The molecule has 2 aromatic rings. The van der Waals surface area contributed by atoms with Crippen molar-refractivity contribution in [2.75, 3.05) is 13.1 Å². The van der Waals surface area contributed by atoms with E-state index in [0.717, 1.165) is 22.3 Å². The molecule has 0 aromatic heterocycles. The van der Waals surface area contributed by atoms with E-state index in [2.05, 4.69) is 20.6 Å². The lowest BCUT2D eigenvalue weighted by Gasteiger charge is -2.21. The van der Waals surface area contributed by atoms with Crippen LogP contribution in [0.25, 0.3) is 0 Å². The molecule has 2 amide bonds. The Balaban J connectivity index is 2.05. The zero-order chi connectivity index (χ0) is 30.5. The average molecular weight is 567 g/mol. The van der Waals surface area contributed by atoms with Gasteiger partial charge in [0.15, 0.2) is 17.7 Å². The summed E-state index contributed by atoms with van der Waals surface area (Å²) in [5, 5.41) is 15.6. The summed E-state index contributed by atoms with van der Waals surface area (Å²) in [6, 6.07) is 11.5. The number of nitrogens with zero attached hydrogens (tertiary/aromatic N) is 2. The highest BCUT2D eigenvalue weighted by Gasteiger charge is 2.26. The van der Waals surface area contributed by atoms with Crippen LogP contribution >= 0.6 is 0 Å². The van der Waals surface area contributed by atoms with Crippen LogP contribution in [0, 0.1) is 19.8 Å². The quantitative estimate of drug-likeness (QED) is 0.117. The SMILES string of the molecule is Cc1cc(O)cc(C)c1C[C@H](N=C(N)N)C(=O)C[C@H](C)C(=O)NC[C@H](Cc1ccccc1)NC(=O)CCN=C(N)N. The van der Waals surface area contributed by atoms with Crippen molar-refractivity contribution >= 4 is 29.5 Å². The molecular formula is C29H42N8O4. The van der Waals surface area contributed by atoms with Crippen molar-refractivity contribution in [1.29, 1.82) is 0 Å². The number of guanidine groups is 2. The molecule has 12 nitrogen and oxygen atoms in total. The van der Waals surface area contributed by atoms with Crippen LogP contribution in [-0.2, 0) is 27.2 Å². The van der Waals surface area contributed by atoms with Gasteiger partial charge in [0.2, 0.25) is 11.8 Å². The number of hydrogen-bond donors (Lipinski definition) is 7. The topological polar surface area (TPSA) is 224 Å². The third-order valence-corrected chi connectivity index (χ3v) is 6.56. The summed E-state index contributed by atoms with van der Waals surface area (Å²) < 4.78 is 0. The molecule has 2 aromatic carbocycles. The molecule has 0 aliphatic carbocycles. The summed E-state index contributed by atoms with van der Waals surface area (Å²) >= 11 is 0. The molecule has 0 spiro atoms. The number of phenolic OH excluding ortho intramolecular Hbond substituents is 1. The second-order valence-electron chi connectivity index (χ2n) is 10.2. The Bertz CT molecular complexity index is 1230. The number of amides is 2. The van der Waals surface area contributed by atoms with Gasteiger partial charge in [-0.15, -0.1) is 0 Å². The van der Waals surface area contributed by atoms with Crippen molar-refractivity contribution in [3.8, 4) is 5.75 Å². The highest BCUT2D eigenvalue weighted by molar-refractivity contribution is 5.91. The standard InChI is InChI=1S/C29H42N8O4/c1-17-11-22(38)12-18(2)23(17)15-24(37-29(32)33)25(39)13-19(3)27(41)35-16-21(14-20-7-5-4-6-8-20)36-26(40)9-10-34-28(30)31/h4-8,11-12,19,21,24,38H,9-10,13-16H2,1-3H3,(H,35,41)(H,36,40)(H4,30,31,34)(H4,32,33,37)/t19-,21-,24-/m0/s1. The molecule has 41 heavy (non-hydrogen) atoms. The second kappa shape index (κ2) is 15.8. The number of ketones is 1. The molecule has 11 N–H and O–H groups in total. The summed E-state index contributed by atoms with van der Waals surface area (Å²) in [6.45, 7) is 5.62. The van der Waals surface area contributed by atoms with E-state index in [4.69, 9.17) is 22.9 Å². The van der Waals surface area contributed by atoms with Crippen LogP contribution in [0.5, 0.6) is 5.75 Å². The van der Waals surface area contributed by atoms with Gasteiger partial charge in [0.25, 0.3) is 0 Å². The van der Waals surface area contributed by atoms with Crippen LogP contribution in [0.4, 0.5) is 0 Å². The molecule has 0 aliphatic rings. The average Bonchev–Trinajstić information content (AvgIpc) is 2.88. The van der Waals surface area contributed by atoms with Crippen molar-refractivity contribution in [1.82, 2.24) is 10.6 Å². The van der Waals surface area contributed by atoms with E-state index in [0.29, 0.717) is 6.42 Å². The molecule has 0 saturated carbocycles. The van der Waals surface area contributed by atoms with Crippen molar-refractivity contribution < 1.29 is 19.5 Å². The first-order valence-electron chi connectivity index (χ1n) is 13.4. The fourth-order valence-electron chi connectivity index (χ4n) is 4.49. The minimum Gasteiger partial charge on any atom is -0.508 e. The van der Waals surface area contributed by atoms with E-state index in [1.807, 2.05) is 44.2 Å². The zero-order valence-corrected chi connectivity index (χ0v) is 23.9. The van der Waals surface area contributed by atoms with Gasteiger partial charge in [-0.1, -0.05) is 37.3 Å². The highest BCUT2D eigenvalue weighted by Crippen LogP contribution is 2.23. The Labute approximate surface area is 240 Å². The van der Waals surface area contributed by atoms with Crippen LogP contribution in [0.1, 0.15) is 42.0 Å². The van der Waals surface area contributed by atoms with E-state index in [1.54, 1.807) is 19.1 Å². The molecular weight excluding hydrogens is 524 g/mol. The predicted molar refractivity (Wildman–Crippen MR) is 160 cm³/mol. The Morgan fingerprint density at radius 3 is 2.17 bits per heavy atom. The zero-order valence-electron chi connectivity index (χ0n) is 23.9. The summed E-state index contributed by atoms with van der Waals surface area (Å²) in [7, 11) is 0. The first-order chi connectivity index (χ1) is 19.3. The number of rotatable bonds is 15. The molecule has 0 radical (unpaired) electrons. The molecule has 0 heterocycles.